The molecule has 0 unspecified atom stereocenters. The van der Waals surface area contributed by atoms with Crippen LogP contribution in [-0.4, -0.2) is 54.8 Å². The summed E-state index contributed by atoms with van der Waals surface area (Å²) in [6.45, 7) is 4.79. The van der Waals surface area contributed by atoms with Gasteiger partial charge in [-0.05, 0) is 37.8 Å². The lowest BCUT2D eigenvalue weighted by Gasteiger charge is -2.50. The van der Waals surface area contributed by atoms with E-state index >= 15 is 0 Å². The van der Waals surface area contributed by atoms with Crippen molar-refractivity contribution in [3.63, 3.8) is 0 Å². The molecule has 5 nitrogen and oxygen atoms in total. The van der Waals surface area contributed by atoms with Gasteiger partial charge in [0.2, 0.25) is 0 Å². The van der Waals surface area contributed by atoms with Gasteiger partial charge >= 0.3 is 0 Å². The van der Waals surface area contributed by atoms with Gasteiger partial charge in [0.15, 0.2) is 0 Å². The van der Waals surface area contributed by atoms with Crippen LogP contribution in [0.2, 0.25) is 0 Å². The van der Waals surface area contributed by atoms with Crippen LogP contribution >= 0.6 is 0 Å². The van der Waals surface area contributed by atoms with Crippen molar-refractivity contribution in [3.8, 4) is 0 Å². The second kappa shape index (κ2) is 5.73. The van der Waals surface area contributed by atoms with E-state index in [9.17, 15) is 4.79 Å². The molecule has 21 heavy (non-hydrogen) atoms. The van der Waals surface area contributed by atoms with Gasteiger partial charge in [0, 0.05) is 26.0 Å². The van der Waals surface area contributed by atoms with Crippen molar-refractivity contribution in [1.29, 1.82) is 0 Å². The monoisotopic (exact) mass is 290 g/mol. The van der Waals surface area contributed by atoms with Crippen LogP contribution in [0.15, 0.2) is 18.2 Å². The molecule has 0 bridgehead atoms. The number of rotatable bonds is 4. The number of ether oxygens (including phenoxy) is 2. The fraction of sp³-hybridized carbons (Fsp3) is 0.625. The van der Waals surface area contributed by atoms with Gasteiger partial charge in [-0.15, -0.1) is 0 Å². The van der Waals surface area contributed by atoms with Gasteiger partial charge < -0.3 is 14.4 Å². The average Bonchev–Trinajstić information content (AvgIpc) is 2.86. The third-order valence-electron chi connectivity index (χ3n) is 4.58. The predicted molar refractivity (Wildman–Crippen MR) is 78.2 cm³/mol. The van der Waals surface area contributed by atoms with Gasteiger partial charge in [0.25, 0.3) is 5.91 Å². The molecule has 3 rings (SSSR count). The summed E-state index contributed by atoms with van der Waals surface area (Å²) in [6.07, 6.45) is 2.06. The minimum Gasteiger partial charge on any atom is -0.385 e. The van der Waals surface area contributed by atoms with Crippen LogP contribution in [0, 0.1) is 12.8 Å². The van der Waals surface area contributed by atoms with E-state index in [0.717, 1.165) is 31.7 Å². The Bertz CT molecular complexity index is 526. The Labute approximate surface area is 125 Å². The topological polar surface area (TPSA) is 51.7 Å². The Morgan fingerprint density at radius 3 is 3.05 bits per heavy atom. The number of nitrogens with zero attached hydrogens (tertiary/aromatic N) is 2. The molecule has 1 aromatic heterocycles. The highest BCUT2D eigenvalue weighted by molar-refractivity contribution is 5.93. The van der Waals surface area contributed by atoms with Crippen LogP contribution in [0.25, 0.3) is 0 Å². The van der Waals surface area contributed by atoms with E-state index in [2.05, 4.69) is 4.98 Å². The minimum atomic E-state index is -0.141. The Kier molecular flexibility index (Phi) is 3.95. The Morgan fingerprint density at radius 2 is 2.33 bits per heavy atom. The summed E-state index contributed by atoms with van der Waals surface area (Å²) in [5, 5.41) is 0. The highest BCUT2D eigenvalue weighted by atomic mass is 16.5. The molecular formula is C16H22N2O3. The molecule has 0 N–H and O–H groups in total. The number of pyridine rings is 1. The molecule has 5 heteroatoms. The maximum Gasteiger partial charge on any atom is 0.272 e. The maximum atomic E-state index is 12.4. The standard InChI is InChI=1S/C16H22N2O3/c1-12-4-3-5-14(17-12)15(19)18-10-16(11-18)13(6-8-20-2)7-9-21-16/h3-5,13H,6-11H2,1-2H3/t13-/m0/s1. The second-order valence-corrected chi connectivity index (χ2v) is 6.01. The minimum absolute atomic E-state index is 0.00492. The van der Waals surface area contributed by atoms with E-state index in [0.29, 0.717) is 24.7 Å². The zero-order valence-corrected chi connectivity index (χ0v) is 12.7. The third-order valence-corrected chi connectivity index (χ3v) is 4.58. The largest absolute Gasteiger partial charge is 0.385 e. The Balaban J connectivity index is 1.63. The SMILES string of the molecule is COCC[C@H]1CCOC12CN(C(=O)c1cccc(C)n1)C2. The van der Waals surface area contributed by atoms with Gasteiger partial charge in [0.05, 0.1) is 13.1 Å². The van der Waals surface area contributed by atoms with Crippen molar-refractivity contribution in [2.75, 3.05) is 33.4 Å². The summed E-state index contributed by atoms with van der Waals surface area (Å²) in [5.41, 5.74) is 1.25. The third kappa shape index (κ3) is 2.68. The van der Waals surface area contributed by atoms with Crippen molar-refractivity contribution < 1.29 is 14.3 Å². The van der Waals surface area contributed by atoms with Crippen molar-refractivity contribution in [2.24, 2.45) is 5.92 Å². The molecule has 0 aliphatic carbocycles. The normalized spacial score (nSPS) is 23.3. The number of aromatic nitrogens is 1. The quantitative estimate of drug-likeness (QED) is 0.846. The fourth-order valence-electron chi connectivity index (χ4n) is 3.37. The van der Waals surface area contributed by atoms with Gasteiger partial charge in [-0.25, -0.2) is 4.98 Å². The maximum absolute atomic E-state index is 12.4. The number of aryl methyl sites for hydroxylation is 1. The Morgan fingerprint density at radius 1 is 1.52 bits per heavy atom. The van der Waals surface area contributed by atoms with Crippen molar-refractivity contribution in [3.05, 3.63) is 29.6 Å². The molecule has 3 heterocycles. The molecule has 0 saturated carbocycles. The molecule has 2 saturated heterocycles. The molecule has 1 amide bonds. The van der Waals surface area contributed by atoms with E-state index in [1.165, 1.54) is 0 Å². The van der Waals surface area contributed by atoms with Crippen LogP contribution in [0.4, 0.5) is 0 Å². The van der Waals surface area contributed by atoms with Crippen molar-refractivity contribution in [2.45, 2.75) is 25.4 Å². The Hall–Kier alpha value is -1.46. The molecule has 0 radical (unpaired) electrons. The summed E-state index contributed by atoms with van der Waals surface area (Å²) < 4.78 is 11.1. The number of amides is 1. The van der Waals surface area contributed by atoms with Crippen LogP contribution in [-0.2, 0) is 9.47 Å². The predicted octanol–water partition coefficient (Wildman–Crippen LogP) is 1.66. The summed E-state index contributed by atoms with van der Waals surface area (Å²) >= 11 is 0. The molecular weight excluding hydrogens is 268 g/mol. The number of carbonyl (C=O) groups is 1. The van der Waals surface area contributed by atoms with Crippen LogP contribution in [0.1, 0.15) is 29.0 Å². The molecule has 1 aromatic rings. The van der Waals surface area contributed by atoms with Gasteiger partial charge in [0.1, 0.15) is 11.3 Å². The smallest absolute Gasteiger partial charge is 0.272 e. The van der Waals surface area contributed by atoms with E-state index in [-0.39, 0.29) is 11.5 Å². The summed E-state index contributed by atoms with van der Waals surface area (Å²) in [4.78, 5) is 18.6. The lowest BCUT2D eigenvalue weighted by atomic mass is 9.79. The molecule has 2 aliphatic rings. The summed E-state index contributed by atoms with van der Waals surface area (Å²) in [7, 11) is 1.72. The molecule has 2 fully saturated rings. The number of methoxy groups -OCH3 is 1. The highest BCUT2D eigenvalue weighted by Crippen LogP contribution is 2.42. The summed E-state index contributed by atoms with van der Waals surface area (Å²) in [6, 6.07) is 5.55. The molecule has 114 valence electrons. The first-order chi connectivity index (χ1) is 10.1. The first-order valence-electron chi connectivity index (χ1n) is 7.50. The summed E-state index contributed by atoms with van der Waals surface area (Å²) in [5.74, 6) is 0.497. The van der Waals surface area contributed by atoms with Gasteiger partial charge in [-0.3, -0.25) is 4.79 Å². The van der Waals surface area contributed by atoms with Crippen LogP contribution in [0.5, 0.6) is 0 Å². The van der Waals surface area contributed by atoms with Crippen LogP contribution in [0.3, 0.4) is 0 Å². The lowest BCUT2D eigenvalue weighted by Crippen LogP contribution is -2.66. The van der Waals surface area contributed by atoms with E-state index in [1.807, 2.05) is 24.0 Å². The van der Waals surface area contributed by atoms with Gasteiger partial charge in [-0.1, -0.05) is 6.07 Å². The van der Waals surface area contributed by atoms with Gasteiger partial charge in [-0.2, -0.15) is 0 Å². The fourth-order valence-corrected chi connectivity index (χ4v) is 3.37. The second-order valence-electron chi connectivity index (χ2n) is 6.01. The van der Waals surface area contributed by atoms with E-state index in [1.54, 1.807) is 13.2 Å². The van der Waals surface area contributed by atoms with E-state index in [4.69, 9.17) is 9.47 Å². The number of carbonyl (C=O) groups excluding carboxylic acids is 1. The first-order valence-corrected chi connectivity index (χ1v) is 7.50. The van der Waals surface area contributed by atoms with E-state index < -0.39 is 0 Å². The molecule has 1 spiro atoms. The average molecular weight is 290 g/mol. The molecule has 2 aliphatic heterocycles. The zero-order chi connectivity index (χ0) is 14.9. The van der Waals surface area contributed by atoms with Crippen LogP contribution < -0.4 is 0 Å². The highest BCUT2D eigenvalue weighted by Gasteiger charge is 2.54. The number of hydrogen-bond acceptors (Lipinski definition) is 4. The van der Waals surface area contributed by atoms with Crippen molar-refractivity contribution >= 4 is 5.91 Å². The number of hydrogen-bond donors (Lipinski definition) is 0. The lowest BCUT2D eigenvalue weighted by molar-refractivity contribution is -0.120. The molecule has 1 atom stereocenters. The zero-order valence-electron chi connectivity index (χ0n) is 12.7. The van der Waals surface area contributed by atoms with Crippen molar-refractivity contribution in [1.82, 2.24) is 9.88 Å². The number of likely N-dealkylation sites (tertiary alicyclic amines) is 1. The molecule has 0 aromatic carbocycles. The first kappa shape index (κ1) is 14.5.